The number of methoxy groups -OCH3 is 1. The fourth-order valence-corrected chi connectivity index (χ4v) is 5.90. The Hall–Kier alpha value is -3.63. The molecule has 41 heavy (non-hydrogen) atoms. The molecule has 218 valence electrons. The van der Waals surface area contributed by atoms with Crippen LogP contribution in [0.5, 0.6) is 0 Å². The zero-order chi connectivity index (χ0) is 29.1. The Bertz CT molecular complexity index is 1440. The lowest BCUT2D eigenvalue weighted by Gasteiger charge is -2.37. The highest BCUT2D eigenvalue weighted by Crippen LogP contribution is 2.35. The number of aryl methyl sites for hydroxylation is 1. The van der Waals surface area contributed by atoms with Gasteiger partial charge in [-0.3, -0.25) is 14.4 Å². The number of esters is 1. The van der Waals surface area contributed by atoms with Crippen molar-refractivity contribution in [3.63, 3.8) is 0 Å². The van der Waals surface area contributed by atoms with Crippen LogP contribution in [0, 0.1) is 11.7 Å². The van der Waals surface area contributed by atoms with E-state index in [-0.39, 0.29) is 29.6 Å². The molecule has 0 spiro atoms. The summed E-state index contributed by atoms with van der Waals surface area (Å²) < 4.78 is 44.1. The standard InChI is InChI=1S/C31H35F2N3O5/c1-35-19-24(23-7-3-4-8-27(23)35)29(38)34-26-14-9-20(17-25(26)32)18-28(37)31(33,36-15-5-6-16-36)41-22-12-10-21(11-13-22)30(39)40-2/h3-4,7-9,14,17,19,21-22H,5-6,10-13,15-16,18H2,1-2H3,(H,34,38). The van der Waals surface area contributed by atoms with E-state index in [0.717, 1.165) is 29.8 Å². The molecular formula is C31H35F2N3O5. The number of hydrogen-bond acceptors (Lipinski definition) is 6. The zero-order valence-electron chi connectivity index (χ0n) is 23.3. The number of ketones is 1. The molecule has 1 N–H and O–H groups in total. The number of hydrogen-bond donors (Lipinski definition) is 1. The number of benzene rings is 2. The molecule has 0 bridgehead atoms. The van der Waals surface area contributed by atoms with Crippen LogP contribution in [0.15, 0.2) is 48.7 Å². The third kappa shape index (κ3) is 6.04. The number of anilines is 1. The second kappa shape index (κ2) is 12.1. The maximum Gasteiger partial charge on any atom is 0.330 e. The largest absolute Gasteiger partial charge is 0.469 e. The lowest BCUT2D eigenvalue weighted by atomic mass is 9.87. The van der Waals surface area contributed by atoms with Gasteiger partial charge >= 0.3 is 11.9 Å². The van der Waals surface area contributed by atoms with Crippen molar-refractivity contribution < 1.29 is 32.6 Å². The minimum Gasteiger partial charge on any atom is -0.469 e. The van der Waals surface area contributed by atoms with Crippen molar-refractivity contribution in [1.29, 1.82) is 0 Å². The lowest BCUT2D eigenvalue weighted by Crippen LogP contribution is -2.54. The molecule has 1 aliphatic heterocycles. The quantitative estimate of drug-likeness (QED) is 0.284. The molecule has 1 atom stereocenters. The second-order valence-corrected chi connectivity index (χ2v) is 10.9. The number of rotatable bonds is 9. The molecule has 8 nitrogen and oxygen atoms in total. The van der Waals surface area contributed by atoms with E-state index in [4.69, 9.17) is 9.47 Å². The summed E-state index contributed by atoms with van der Waals surface area (Å²) in [5, 5.41) is 3.35. The van der Waals surface area contributed by atoms with E-state index in [9.17, 15) is 14.4 Å². The molecule has 1 amide bonds. The van der Waals surface area contributed by atoms with Gasteiger partial charge in [-0.15, -0.1) is 0 Å². The summed E-state index contributed by atoms with van der Waals surface area (Å²) in [6, 6.07) is 11.4. The van der Waals surface area contributed by atoms with Crippen LogP contribution in [-0.2, 0) is 32.5 Å². The van der Waals surface area contributed by atoms with Gasteiger partial charge in [0.25, 0.3) is 5.91 Å². The maximum absolute atomic E-state index is 16.5. The van der Waals surface area contributed by atoms with E-state index in [2.05, 4.69) is 5.32 Å². The van der Waals surface area contributed by atoms with Crippen LogP contribution in [0.2, 0.25) is 0 Å². The SMILES string of the molecule is COC(=O)C1CCC(OC(F)(C(=O)Cc2ccc(NC(=O)c3cn(C)c4ccccc34)c(F)c2)N2CCCC2)CC1. The smallest absolute Gasteiger partial charge is 0.330 e. The number of aromatic nitrogens is 1. The van der Waals surface area contributed by atoms with Gasteiger partial charge in [0.2, 0.25) is 5.78 Å². The average Bonchev–Trinajstić information content (AvgIpc) is 3.64. The van der Waals surface area contributed by atoms with E-state index in [1.807, 2.05) is 35.9 Å². The first-order valence-corrected chi connectivity index (χ1v) is 14.1. The molecule has 2 aliphatic rings. The Labute approximate surface area is 237 Å². The van der Waals surface area contributed by atoms with Crippen molar-refractivity contribution in [2.75, 3.05) is 25.5 Å². The van der Waals surface area contributed by atoms with E-state index in [0.29, 0.717) is 44.3 Å². The molecule has 5 rings (SSSR count). The van der Waals surface area contributed by atoms with Gasteiger partial charge in [-0.2, -0.15) is 4.39 Å². The van der Waals surface area contributed by atoms with Crippen LogP contribution in [0.3, 0.4) is 0 Å². The van der Waals surface area contributed by atoms with Crippen LogP contribution < -0.4 is 5.32 Å². The van der Waals surface area contributed by atoms with Crippen molar-refractivity contribution in [3.8, 4) is 0 Å². The number of Topliss-reactive ketones (excluding diaryl/α,β-unsaturated/α-hetero) is 1. The first-order valence-electron chi connectivity index (χ1n) is 14.1. The number of likely N-dealkylation sites (tertiary alicyclic amines) is 1. The molecule has 1 aromatic heterocycles. The van der Waals surface area contributed by atoms with Crippen molar-refractivity contribution in [3.05, 3.63) is 65.6 Å². The highest BCUT2D eigenvalue weighted by Gasteiger charge is 2.48. The molecule has 1 saturated heterocycles. The number of carbonyl (C=O) groups excluding carboxylic acids is 3. The lowest BCUT2D eigenvalue weighted by molar-refractivity contribution is -0.252. The highest BCUT2D eigenvalue weighted by atomic mass is 19.2. The molecule has 1 aliphatic carbocycles. The van der Waals surface area contributed by atoms with Crippen molar-refractivity contribution in [2.24, 2.45) is 13.0 Å². The average molecular weight is 568 g/mol. The van der Waals surface area contributed by atoms with Crippen molar-refractivity contribution in [2.45, 2.75) is 57.0 Å². The van der Waals surface area contributed by atoms with Crippen LogP contribution in [-0.4, -0.2) is 59.4 Å². The Morgan fingerprint density at radius 2 is 1.76 bits per heavy atom. The van der Waals surface area contributed by atoms with Gasteiger partial charge in [0, 0.05) is 43.7 Å². The van der Waals surface area contributed by atoms with Crippen LogP contribution in [0.25, 0.3) is 10.9 Å². The number of fused-ring (bicyclic) bond motifs is 1. The van der Waals surface area contributed by atoms with Crippen molar-refractivity contribution >= 4 is 34.3 Å². The van der Waals surface area contributed by atoms with Gasteiger partial charge < -0.3 is 19.4 Å². The Kier molecular flexibility index (Phi) is 8.51. The molecule has 3 aromatic rings. The highest BCUT2D eigenvalue weighted by molar-refractivity contribution is 6.13. The number of para-hydroxylation sites is 1. The van der Waals surface area contributed by atoms with Crippen molar-refractivity contribution in [1.82, 2.24) is 9.47 Å². The predicted octanol–water partition coefficient (Wildman–Crippen LogP) is 5.15. The van der Waals surface area contributed by atoms with E-state index in [1.165, 1.54) is 24.1 Å². The fraction of sp³-hybridized carbons (Fsp3) is 0.452. The van der Waals surface area contributed by atoms with Gasteiger partial charge in [0.15, 0.2) is 0 Å². The van der Waals surface area contributed by atoms with Gasteiger partial charge in [0.05, 0.1) is 30.4 Å². The van der Waals surface area contributed by atoms with E-state index in [1.54, 1.807) is 6.20 Å². The van der Waals surface area contributed by atoms with Gasteiger partial charge in [-0.25, -0.2) is 9.29 Å². The third-order valence-corrected chi connectivity index (χ3v) is 8.18. The molecule has 2 heterocycles. The summed E-state index contributed by atoms with van der Waals surface area (Å²) >= 11 is 0. The van der Waals surface area contributed by atoms with Crippen LogP contribution in [0.4, 0.5) is 14.5 Å². The van der Waals surface area contributed by atoms with E-state index >= 15 is 8.78 Å². The zero-order valence-corrected chi connectivity index (χ0v) is 23.3. The minimum absolute atomic E-state index is 0.0381. The summed E-state index contributed by atoms with van der Waals surface area (Å²) in [6.07, 6.45) is 4.16. The summed E-state index contributed by atoms with van der Waals surface area (Å²) in [4.78, 5) is 39.6. The van der Waals surface area contributed by atoms with E-state index < -0.39 is 29.6 Å². The number of halogens is 2. The van der Waals surface area contributed by atoms with Crippen LogP contribution >= 0.6 is 0 Å². The molecule has 1 saturated carbocycles. The number of alkyl halides is 1. The first kappa shape index (κ1) is 28.9. The topological polar surface area (TPSA) is 89.9 Å². The molecule has 10 heteroatoms. The van der Waals surface area contributed by atoms with Gasteiger partial charge in [-0.05, 0) is 62.3 Å². The molecule has 0 radical (unpaired) electrons. The molecule has 2 fully saturated rings. The minimum atomic E-state index is -2.64. The Morgan fingerprint density at radius 1 is 1.05 bits per heavy atom. The predicted molar refractivity (Wildman–Crippen MR) is 149 cm³/mol. The number of carbonyl (C=O) groups is 3. The normalized spacial score (nSPS) is 21.0. The maximum atomic E-state index is 16.5. The molecule has 1 unspecified atom stereocenters. The second-order valence-electron chi connectivity index (χ2n) is 10.9. The number of ether oxygens (including phenoxy) is 2. The monoisotopic (exact) mass is 567 g/mol. The number of nitrogens with one attached hydrogen (secondary N) is 1. The molecular weight excluding hydrogens is 532 g/mol. The fourth-order valence-electron chi connectivity index (χ4n) is 5.90. The number of amides is 1. The number of nitrogens with zero attached hydrogens (tertiary/aromatic N) is 2. The first-order chi connectivity index (χ1) is 19.7. The summed E-state index contributed by atoms with van der Waals surface area (Å²) in [6.45, 7) is 0.764. The third-order valence-electron chi connectivity index (χ3n) is 8.18. The van der Waals surface area contributed by atoms with Gasteiger partial charge in [-0.1, -0.05) is 24.3 Å². The Balaban J connectivity index is 1.27. The Morgan fingerprint density at radius 3 is 2.44 bits per heavy atom. The van der Waals surface area contributed by atoms with Gasteiger partial charge in [0.1, 0.15) is 5.82 Å². The summed E-state index contributed by atoms with van der Waals surface area (Å²) in [7, 11) is 3.17. The summed E-state index contributed by atoms with van der Waals surface area (Å²) in [5.41, 5.74) is 1.52. The summed E-state index contributed by atoms with van der Waals surface area (Å²) in [5.74, 6) is -5.17. The molecule has 2 aromatic carbocycles. The van der Waals surface area contributed by atoms with Crippen LogP contribution in [0.1, 0.15) is 54.4 Å².